The minimum Gasteiger partial charge on any atom is -0.508 e. The molecule has 3 aliphatic carbocycles. The molecule has 4 atom stereocenters. The SMILES string of the molecule is Cc1nn(C)c(C)c1/C=N\N=C1\CC[C@@H]2[C@H]3CCc4cc(O)ccc4[C@@H]3CC[C@@]12C. The maximum Gasteiger partial charge on any atom is 0.115 e. The van der Waals surface area contributed by atoms with Crippen LogP contribution in [0.15, 0.2) is 28.4 Å². The number of phenols is 1. The van der Waals surface area contributed by atoms with E-state index in [0.717, 1.165) is 35.7 Å². The van der Waals surface area contributed by atoms with E-state index in [-0.39, 0.29) is 5.41 Å². The summed E-state index contributed by atoms with van der Waals surface area (Å²) in [6, 6.07) is 6.03. The minimum atomic E-state index is 0.173. The van der Waals surface area contributed by atoms with Gasteiger partial charge in [-0.25, -0.2) is 0 Å². The zero-order valence-corrected chi connectivity index (χ0v) is 18.5. The van der Waals surface area contributed by atoms with E-state index in [0.29, 0.717) is 17.6 Å². The van der Waals surface area contributed by atoms with Crippen LogP contribution in [0.3, 0.4) is 0 Å². The summed E-state index contributed by atoms with van der Waals surface area (Å²) in [6.07, 6.45) is 8.88. The van der Waals surface area contributed by atoms with Crippen LogP contribution >= 0.6 is 0 Å². The first-order valence-corrected chi connectivity index (χ1v) is 11.3. The molecule has 0 radical (unpaired) electrons. The van der Waals surface area contributed by atoms with Crippen LogP contribution < -0.4 is 0 Å². The van der Waals surface area contributed by atoms with E-state index in [9.17, 15) is 5.11 Å². The molecule has 2 saturated carbocycles. The van der Waals surface area contributed by atoms with Gasteiger partial charge in [-0.2, -0.15) is 15.3 Å². The number of hydrogen-bond acceptors (Lipinski definition) is 4. The summed E-state index contributed by atoms with van der Waals surface area (Å²) >= 11 is 0. The van der Waals surface area contributed by atoms with Gasteiger partial charge in [0.15, 0.2) is 0 Å². The van der Waals surface area contributed by atoms with Crippen LogP contribution in [0.4, 0.5) is 0 Å². The van der Waals surface area contributed by atoms with E-state index < -0.39 is 0 Å². The molecule has 2 fully saturated rings. The lowest BCUT2D eigenvalue weighted by Crippen LogP contribution is -2.42. The predicted molar refractivity (Wildman–Crippen MR) is 120 cm³/mol. The number of aromatic nitrogens is 2. The second kappa shape index (κ2) is 7.07. The third-order valence-electron chi connectivity index (χ3n) is 8.38. The van der Waals surface area contributed by atoms with Crippen molar-refractivity contribution in [1.82, 2.24) is 9.78 Å². The van der Waals surface area contributed by atoms with Crippen LogP contribution in [-0.2, 0) is 13.5 Å². The molecule has 0 bridgehead atoms. The number of phenolic OH excluding ortho intramolecular Hbond substituents is 1. The third kappa shape index (κ3) is 2.93. The van der Waals surface area contributed by atoms with E-state index >= 15 is 0 Å². The molecule has 5 nitrogen and oxygen atoms in total. The molecule has 30 heavy (non-hydrogen) atoms. The van der Waals surface area contributed by atoms with Crippen LogP contribution in [0.25, 0.3) is 0 Å². The van der Waals surface area contributed by atoms with Gasteiger partial charge in [0.2, 0.25) is 0 Å². The van der Waals surface area contributed by atoms with E-state index in [1.54, 1.807) is 0 Å². The highest BCUT2D eigenvalue weighted by Crippen LogP contribution is 2.60. The fourth-order valence-electron chi connectivity index (χ4n) is 6.65. The van der Waals surface area contributed by atoms with Crippen molar-refractivity contribution in [2.24, 2.45) is 34.5 Å². The molecule has 5 heteroatoms. The number of rotatable bonds is 2. The second-order valence-corrected chi connectivity index (χ2v) is 9.79. The lowest BCUT2D eigenvalue weighted by molar-refractivity contribution is 0.0955. The standard InChI is InChI=1S/C25H32N4O/c1-15-22(16(2)29(4)28-15)14-26-27-24-10-9-23-21-7-5-17-13-18(30)6-8-19(17)20(21)11-12-25(23,24)3/h6,8,13-14,20-21,23,30H,5,7,9-12H2,1-4H3/b26-14-,27-24-/t20-,21-,23+,25+/m0/s1. The Balaban J connectivity index is 1.39. The van der Waals surface area contributed by atoms with Gasteiger partial charge in [-0.1, -0.05) is 13.0 Å². The van der Waals surface area contributed by atoms with Crippen molar-refractivity contribution in [1.29, 1.82) is 0 Å². The Kier molecular flexibility index (Phi) is 4.60. The molecule has 0 unspecified atom stereocenters. The summed E-state index contributed by atoms with van der Waals surface area (Å²) in [5.74, 6) is 2.45. The van der Waals surface area contributed by atoms with Gasteiger partial charge in [0.25, 0.3) is 0 Å². The third-order valence-corrected chi connectivity index (χ3v) is 8.38. The molecular weight excluding hydrogens is 372 g/mol. The van der Waals surface area contributed by atoms with Crippen LogP contribution in [0.2, 0.25) is 0 Å². The number of nitrogens with zero attached hydrogens (tertiary/aromatic N) is 4. The number of fused-ring (bicyclic) bond motifs is 5. The Labute approximate surface area is 178 Å². The molecule has 0 amide bonds. The molecule has 0 aliphatic heterocycles. The van der Waals surface area contributed by atoms with E-state index in [4.69, 9.17) is 5.10 Å². The van der Waals surface area contributed by atoms with Gasteiger partial charge < -0.3 is 5.11 Å². The van der Waals surface area contributed by atoms with Gasteiger partial charge in [0, 0.05) is 29.4 Å². The van der Waals surface area contributed by atoms with E-state index in [1.807, 2.05) is 37.0 Å². The fourth-order valence-corrected chi connectivity index (χ4v) is 6.65. The Hall–Kier alpha value is -2.43. The average Bonchev–Trinajstić information content (AvgIpc) is 3.18. The van der Waals surface area contributed by atoms with Crippen molar-refractivity contribution in [3.8, 4) is 5.75 Å². The second-order valence-electron chi connectivity index (χ2n) is 9.79. The Bertz CT molecular complexity index is 1050. The summed E-state index contributed by atoms with van der Waals surface area (Å²) in [4.78, 5) is 0. The van der Waals surface area contributed by atoms with Gasteiger partial charge in [0.1, 0.15) is 5.75 Å². The highest BCUT2D eigenvalue weighted by molar-refractivity contribution is 5.93. The lowest BCUT2D eigenvalue weighted by atomic mass is 9.55. The fraction of sp³-hybridized carbons (Fsp3) is 0.560. The molecule has 158 valence electrons. The number of benzene rings is 1. The molecule has 5 rings (SSSR count). The van der Waals surface area contributed by atoms with E-state index in [1.165, 1.54) is 42.5 Å². The van der Waals surface area contributed by atoms with E-state index in [2.05, 4.69) is 30.1 Å². The zero-order valence-electron chi connectivity index (χ0n) is 18.5. The molecule has 3 aliphatic rings. The highest BCUT2D eigenvalue weighted by atomic mass is 16.3. The van der Waals surface area contributed by atoms with Crippen molar-refractivity contribution in [3.05, 3.63) is 46.3 Å². The molecule has 1 N–H and O–H groups in total. The summed E-state index contributed by atoms with van der Waals surface area (Å²) < 4.78 is 1.90. The Morgan fingerprint density at radius 3 is 2.80 bits per heavy atom. The van der Waals surface area contributed by atoms with Gasteiger partial charge in [-0.05, 0) is 93.4 Å². The predicted octanol–water partition coefficient (Wildman–Crippen LogP) is 5.07. The molecule has 1 aromatic carbocycles. The first kappa shape index (κ1) is 19.5. The Morgan fingerprint density at radius 2 is 2.03 bits per heavy atom. The minimum absolute atomic E-state index is 0.173. The highest BCUT2D eigenvalue weighted by Gasteiger charge is 2.53. The maximum absolute atomic E-state index is 9.88. The molecule has 0 spiro atoms. The van der Waals surface area contributed by atoms with Gasteiger partial charge >= 0.3 is 0 Å². The van der Waals surface area contributed by atoms with Crippen LogP contribution in [0.1, 0.15) is 73.0 Å². The molecular formula is C25H32N4O. The molecule has 1 heterocycles. The Morgan fingerprint density at radius 1 is 1.20 bits per heavy atom. The van der Waals surface area contributed by atoms with Gasteiger partial charge in [0.05, 0.1) is 11.9 Å². The van der Waals surface area contributed by atoms with Crippen molar-refractivity contribution >= 4 is 11.9 Å². The normalized spacial score (nSPS) is 31.7. The number of hydrogen-bond donors (Lipinski definition) is 1. The van der Waals surface area contributed by atoms with Crippen molar-refractivity contribution in [2.45, 2.75) is 65.2 Å². The smallest absolute Gasteiger partial charge is 0.115 e. The zero-order chi connectivity index (χ0) is 21.0. The summed E-state index contributed by atoms with van der Waals surface area (Å²) in [5.41, 5.74) is 7.51. The summed E-state index contributed by atoms with van der Waals surface area (Å²) in [7, 11) is 1.97. The number of aromatic hydroxyl groups is 1. The first-order valence-electron chi connectivity index (χ1n) is 11.3. The van der Waals surface area contributed by atoms with Crippen molar-refractivity contribution in [3.63, 3.8) is 0 Å². The van der Waals surface area contributed by atoms with Gasteiger partial charge in [-0.3, -0.25) is 4.68 Å². The quantitative estimate of drug-likeness (QED) is 0.561. The maximum atomic E-state index is 9.88. The summed E-state index contributed by atoms with van der Waals surface area (Å²) in [6.45, 7) is 6.53. The summed E-state index contributed by atoms with van der Waals surface area (Å²) in [5, 5.41) is 23.6. The van der Waals surface area contributed by atoms with Crippen LogP contribution in [0.5, 0.6) is 5.75 Å². The van der Waals surface area contributed by atoms with Crippen molar-refractivity contribution < 1.29 is 5.11 Å². The largest absolute Gasteiger partial charge is 0.508 e. The monoisotopic (exact) mass is 404 g/mol. The molecule has 1 aromatic heterocycles. The average molecular weight is 405 g/mol. The topological polar surface area (TPSA) is 62.8 Å². The van der Waals surface area contributed by atoms with Crippen LogP contribution in [-0.4, -0.2) is 26.8 Å². The van der Waals surface area contributed by atoms with Crippen LogP contribution in [0, 0.1) is 31.1 Å². The van der Waals surface area contributed by atoms with Crippen molar-refractivity contribution in [2.75, 3.05) is 0 Å². The van der Waals surface area contributed by atoms with Gasteiger partial charge in [-0.15, -0.1) is 0 Å². The first-order chi connectivity index (χ1) is 14.4. The molecule has 2 aromatic rings. The molecule has 0 saturated heterocycles. The lowest BCUT2D eigenvalue weighted by Gasteiger charge is -2.49. The number of aryl methyl sites for hydroxylation is 3.